The van der Waals surface area contributed by atoms with Gasteiger partial charge in [0.05, 0.1) is 16.9 Å². The van der Waals surface area contributed by atoms with Crippen LogP contribution in [0, 0.1) is 5.92 Å². The van der Waals surface area contributed by atoms with Crippen LogP contribution in [0.2, 0.25) is 0 Å². The van der Waals surface area contributed by atoms with Gasteiger partial charge >= 0.3 is 0 Å². The first-order chi connectivity index (χ1) is 14.4. The van der Waals surface area contributed by atoms with Crippen molar-refractivity contribution in [1.29, 1.82) is 0 Å². The molecule has 8 heteroatoms. The highest BCUT2D eigenvalue weighted by Crippen LogP contribution is 2.17. The average Bonchev–Trinajstić information content (AvgIpc) is 3.29. The molecule has 160 valence electrons. The second kappa shape index (κ2) is 10.2. The van der Waals surface area contributed by atoms with Crippen LogP contribution in [0.5, 0.6) is 0 Å². The fourth-order valence-corrected chi connectivity index (χ4v) is 4.58. The van der Waals surface area contributed by atoms with E-state index in [9.17, 15) is 18.0 Å². The minimum Gasteiger partial charge on any atom is -0.465 e. The number of furan rings is 1. The quantitative estimate of drug-likeness (QED) is 0.649. The molecule has 1 saturated heterocycles. The Morgan fingerprint density at radius 2 is 1.83 bits per heavy atom. The second-order valence-electron chi connectivity index (χ2n) is 7.30. The average molecular weight is 431 g/mol. The summed E-state index contributed by atoms with van der Waals surface area (Å²) in [6, 6.07) is 11.7. The van der Waals surface area contributed by atoms with Crippen LogP contribution in [0.15, 0.2) is 64.1 Å². The van der Waals surface area contributed by atoms with E-state index in [2.05, 4.69) is 5.32 Å². The summed E-state index contributed by atoms with van der Waals surface area (Å²) in [6.45, 7) is 1.75. The molecule has 1 aliphatic heterocycles. The van der Waals surface area contributed by atoms with Crippen molar-refractivity contribution < 1.29 is 22.4 Å². The Morgan fingerprint density at radius 3 is 2.50 bits per heavy atom. The number of likely N-dealkylation sites (tertiary alicyclic amines) is 1. The van der Waals surface area contributed by atoms with Crippen molar-refractivity contribution in [3.05, 3.63) is 60.6 Å². The Labute approximate surface area is 176 Å². The van der Waals surface area contributed by atoms with E-state index in [0.29, 0.717) is 25.4 Å². The lowest BCUT2D eigenvalue weighted by atomic mass is 9.96. The molecule has 1 N–H and O–H groups in total. The van der Waals surface area contributed by atoms with Crippen molar-refractivity contribution >= 4 is 27.7 Å². The second-order valence-corrected chi connectivity index (χ2v) is 9.41. The van der Waals surface area contributed by atoms with Crippen LogP contribution in [0.25, 0.3) is 6.08 Å². The van der Waals surface area contributed by atoms with E-state index in [1.54, 1.807) is 47.6 Å². The fraction of sp³-hybridized carbons (Fsp3) is 0.364. The van der Waals surface area contributed by atoms with E-state index in [4.69, 9.17) is 4.42 Å². The van der Waals surface area contributed by atoms with Gasteiger partial charge in [-0.25, -0.2) is 8.42 Å². The summed E-state index contributed by atoms with van der Waals surface area (Å²) in [6.07, 6.45) is 6.24. The maximum Gasteiger partial charge on any atom is 0.246 e. The number of sulfone groups is 1. The normalized spacial score (nSPS) is 15.4. The number of piperidine rings is 1. The zero-order valence-electron chi connectivity index (χ0n) is 16.7. The van der Waals surface area contributed by atoms with Gasteiger partial charge in [-0.3, -0.25) is 9.59 Å². The number of hydrogen-bond acceptors (Lipinski definition) is 5. The predicted octanol–water partition coefficient (Wildman–Crippen LogP) is 2.51. The number of nitrogens with zero attached hydrogens (tertiary/aromatic N) is 1. The van der Waals surface area contributed by atoms with Crippen LogP contribution < -0.4 is 5.32 Å². The summed E-state index contributed by atoms with van der Waals surface area (Å²) in [5, 5.41) is 2.83. The summed E-state index contributed by atoms with van der Waals surface area (Å²) in [5.74, 6) is 0.375. The van der Waals surface area contributed by atoms with E-state index in [1.165, 1.54) is 18.2 Å². The molecule has 0 saturated carbocycles. The third-order valence-corrected chi connectivity index (χ3v) is 6.88. The van der Waals surface area contributed by atoms with E-state index in [0.717, 1.165) is 12.8 Å². The maximum absolute atomic E-state index is 12.2. The van der Waals surface area contributed by atoms with Crippen LogP contribution in [-0.2, 0) is 19.4 Å². The van der Waals surface area contributed by atoms with Gasteiger partial charge in [-0.1, -0.05) is 18.2 Å². The summed E-state index contributed by atoms with van der Waals surface area (Å²) in [7, 11) is -3.46. The molecule has 3 rings (SSSR count). The molecule has 1 aromatic carbocycles. The molecule has 7 nitrogen and oxygen atoms in total. The largest absolute Gasteiger partial charge is 0.465 e. The fourth-order valence-electron chi connectivity index (χ4n) is 3.32. The molecular formula is C22H26N2O5S. The number of nitrogens with one attached hydrogen (secondary N) is 1. The highest BCUT2D eigenvalue weighted by atomic mass is 32.2. The Balaban J connectivity index is 1.36. The van der Waals surface area contributed by atoms with E-state index in [-0.39, 0.29) is 34.8 Å². The molecule has 0 atom stereocenters. The molecule has 2 heterocycles. The number of amides is 2. The molecule has 0 bridgehead atoms. The Bertz CT molecular complexity index is 960. The monoisotopic (exact) mass is 430 g/mol. The van der Waals surface area contributed by atoms with Crippen LogP contribution in [-0.4, -0.2) is 50.5 Å². The summed E-state index contributed by atoms with van der Waals surface area (Å²) >= 11 is 0. The predicted molar refractivity (Wildman–Crippen MR) is 113 cm³/mol. The van der Waals surface area contributed by atoms with Crippen LogP contribution in [0.1, 0.15) is 25.0 Å². The van der Waals surface area contributed by atoms with Crippen molar-refractivity contribution in [2.45, 2.75) is 24.2 Å². The van der Waals surface area contributed by atoms with Crippen molar-refractivity contribution in [3.63, 3.8) is 0 Å². The van der Waals surface area contributed by atoms with Gasteiger partial charge in [-0.05, 0) is 49.1 Å². The maximum atomic E-state index is 12.2. The molecule has 1 aromatic heterocycles. The number of hydrogen-bond donors (Lipinski definition) is 1. The Morgan fingerprint density at radius 1 is 1.10 bits per heavy atom. The molecule has 0 radical (unpaired) electrons. The molecule has 0 aliphatic carbocycles. The lowest BCUT2D eigenvalue weighted by Gasteiger charge is -2.31. The Kier molecular flexibility index (Phi) is 7.46. The molecule has 1 aliphatic rings. The molecular weight excluding hydrogens is 404 g/mol. The van der Waals surface area contributed by atoms with Crippen LogP contribution in [0.4, 0.5) is 0 Å². The molecule has 2 aromatic rings. The Hall–Kier alpha value is -2.87. The van der Waals surface area contributed by atoms with Gasteiger partial charge in [0.2, 0.25) is 11.8 Å². The van der Waals surface area contributed by atoms with Crippen LogP contribution >= 0.6 is 0 Å². The zero-order valence-corrected chi connectivity index (χ0v) is 17.5. The zero-order chi connectivity index (χ0) is 21.4. The summed E-state index contributed by atoms with van der Waals surface area (Å²) in [5.41, 5.74) is 0. The first-order valence-corrected chi connectivity index (χ1v) is 11.6. The van der Waals surface area contributed by atoms with Gasteiger partial charge in [0.25, 0.3) is 0 Å². The van der Waals surface area contributed by atoms with Crippen molar-refractivity contribution in [3.8, 4) is 0 Å². The topological polar surface area (TPSA) is 96.7 Å². The first kappa shape index (κ1) is 21.8. The van der Waals surface area contributed by atoms with E-state index >= 15 is 0 Å². The standard InChI is InChI=1S/C22H26N2O5S/c25-21(12-16-30(27,28)20-6-2-1-3-7-20)23-17-18-10-13-24(14-11-18)22(26)9-8-19-5-4-15-29-19/h1-9,15,18H,10-14,16-17H2,(H,23,25)/b9-8+. The number of carbonyl (C=O) groups excluding carboxylic acids is 2. The lowest BCUT2D eigenvalue weighted by molar-refractivity contribution is -0.127. The third-order valence-electron chi connectivity index (χ3n) is 5.15. The third kappa shape index (κ3) is 6.32. The van der Waals surface area contributed by atoms with Crippen LogP contribution in [0.3, 0.4) is 0 Å². The number of benzene rings is 1. The van der Waals surface area contributed by atoms with Crippen molar-refractivity contribution in [2.24, 2.45) is 5.92 Å². The SMILES string of the molecule is O=C(CCS(=O)(=O)c1ccccc1)NCC1CCN(C(=O)/C=C/c2ccco2)CC1. The molecule has 1 fully saturated rings. The molecule has 30 heavy (non-hydrogen) atoms. The molecule has 2 amide bonds. The number of rotatable bonds is 8. The minimum atomic E-state index is -3.46. The molecule has 0 spiro atoms. The minimum absolute atomic E-state index is 0.0556. The van der Waals surface area contributed by atoms with Gasteiger partial charge in [-0.2, -0.15) is 0 Å². The number of carbonyl (C=O) groups is 2. The van der Waals surface area contributed by atoms with Gasteiger partial charge in [0.15, 0.2) is 9.84 Å². The van der Waals surface area contributed by atoms with E-state index < -0.39 is 9.84 Å². The summed E-state index contributed by atoms with van der Waals surface area (Å²) < 4.78 is 29.7. The smallest absolute Gasteiger partial charge is 0.246 e. The highest BCUT2D eigenvalue weighted by molar-refractivity contribution is 7.91. The van der Waals surface area contributed by atoms with Crippen molar-refractivity contribution in [2.75, 3.05) is 25.4 Å². The summed E-state index contributed by atoms with van der Waals surface area (Å²) in [4.78, 5) is 26.3. The van der Waals surface area contributed by atoms with Crippen molar-refractivity contribution in [1.82, 2.24) is 10.2 Å². The lowest BCUT2D eigenvalue weighted by Crippen LogP contribution is -2.41. The van der Waals surface area contributed by atoms with Gasteiger partial charge in [0, 0.05) is 32.1 Å². The highest BCUT2D eigenvalue weighted by Gasteiger charge is 2.22. The van der Waals surface area contributed by atoms with E-state index in [1.807, 2.05) is 0 Å². The molecule has 0 unspecified atom stereocenters. The van der Waals surface area contributed by atoms with Gasteiger partial charge < -0.3 is 14.6 Å². The van der Waals surface area contributed by atoms with Gasteiger partial charge in [-0.15, -0.1) is 0 Å². The van der Waals surface area contributed by atoms with Gasteiger partial charge in [0.1, 0.15) is 5.76 Å². The first-order valence-electron chi connectivity index (χ1n) is 9.99.